The number of carbonyl (C=O) groups excluding carboxylic acids is 1. The summed E-state index contributed by atoms with van der Waals surface area (Å²) in [4.78, 5) is 12.7. The second-order valence-electron chi connectivity index (χ2n) is 5.18. The molecule has 0 aliphatic carbocycles. The number of rotatable bonds is 7. The van der Waals surface area contributed by atoms with Crippen molar-refractivity contribution in [2.75, 3.05) is 18.0 Å². The van der Waals surface area contributed by atoms with Gasteiger partial charge in [0.1, 0.15) is 11.6 Å². The van der Waals surface area contributed by atoms with Gasteiger partial charge in [0.05, 0.1) is 6.10 Å². The summed E-state index contributed by atoms with van der Waals surface area (Å²) >= 11 is 0. The number of anilines is 1. The minimum absolute atomic E-state index is 0.0554. The fourth-order valence-corrected chi connectivity index (χ4v) is 2.28. The zero-order chi connectivity index (χ0) is 16.8. The predicted octanol–water partition coefficient (Wildman–Crippen LogP) is 2.38. The summed E-state index contributed by atoms with van der Waals surface area (Å²) < 4.78 is 26.8. The molecule has 4 nitrogen and oxygen atoms in total. The number of benzene rings is 2. The number of primary amides is 1. The molecule has 2 rings (SSSR count). The Hall–Kier alpha value is -2.47. The lowest BCUT2D eigenvalue weighted by Crippen LogP contribution is -2.32. The number of carbonyl (C=O) groups is 1. The summed E-state index contributed by atoms with van der Waals surface area (Å²) in [6, 6.07) is 11.6. The molecule has 6 heteroatoms. The molecule has 0 fully saturated rings. The van der Waals surface area contributed by atoms with Crippen LogP contribution in [0, 0.1) is 11.6 Å². The second kappa shape index (κ2) is 7.69. The lowest BCUT2D eigenvalue weighted by molar-refractivity contribution is -0.117. The Balaban J connectivity index is 2.18. The molecule has 0 saturated carbocycles. The van der Waals surface area contributed by atoms with Gasteiger partial charge in [-0.05, 0) is 30.3 Å². The number of nitrogens with zero attached hydrogens (tertiary/aromatic N) is 1. The van der Waals surface area contributed by atoms with E-state index in [9.17, 15) is 18.7 Å². The summed E-state index contributed by atoms with van der Waals surface area (Å²) in [7, 11) is 0. The van der Waals surface area contributed by atoms with E-state index in [4.69, 9.17) is 5.73 Å². The van der Waals surface area contributed by atoms with E-state index in [0.29, 0.717) is 5.69 Å². The van der Waals surface area contributed by atoms with Gasteiger partial charge in [0.2, 0.25) is 5.91 Å². The minimum atomic E-state index is -1.09. The van der Waals surface area contributed by atoms with Crippen LogP contribution in [0.1, 0.15) is 18.1 Å². The van der Waals surface area contributed by atoms with Gasteiger partial charge in [-0.2, -0.15) is 0 Å². The molecule has 0 saturated heterocycles. The maximum Gasteiger partial charge on any atom is 0.219 e. The Labute approximate surface area is 133 Å². The first-order valence-corrected chi connectivity index (χ1v) is 7.18. The molecule has 0 radical (unpaired) electrons. The maximum absolute atomic E-state index is 13.8. The molecule has 1 amide bonds. The zero-order valence-electron chi connectivity index (χ0n) is 12.5. The third-order valence-electron chi connectivity index (χ3n) is 3.48. The number of aliphatic hydroxyl groups is 1. The first-order valence-electron chi connectivity index (χ1n) is 7.18. The van der Waals surface area contributed by atoms with Crippen LogP contribution >= 0.6 is 0 Å². The molecule has 1 unspecified atom stereocenters. The molecule has 2 aromatic carbocycles. The molecule has 0 bridgehead atoms. The van der Waals surface area contributed by atoms with Gasteiger partial charge in [0.15, 0.2) is 0 Å². The van der Waals surface area contributed by atoms with Gasteiger partial charge in [0, 0.05) is 30.8 Å². The molecular formula is C17H18F2N2O2. The van der Waals surface area contributed by atoms with Crippen LogP contribution in [-0.2, 0) is 4.79 Å². The Morgan fingerprint density at radius 2 is 1.78 bits per heavy atom. The number of hydrogen-bond acceptors (Lipinski definition) is 3. The molecule has 0 aliphatic heterocycles. The van der Waals surface area contributed by atoms with Crippen molar-refractivity contribution in [3.8, 4) is 0 Å². The predicted molar refractivity (Wildman–Crippen MR) is 83.8 cm³/mol. The van der Waals surface area contributed by atoms with E-state index in [2.05, 4.69) is 0 Å². The molecule has 0 aliphatic rings. The molecule has 122 valence electrons. The Morgan fingerprint density at radius 3 is 2.39 bits per heavy atom. The molecule has 3 N–H and O–H groups in total. The third kappa shape index (κ3) is 4.75. The van der Waals surface area contributed by atoms with E-state index in [1.165, 1.54) is 42.5 Å². The fraction of sp³-hybridized carbons (Fsp3) is 0.235. The highest BCUT2D eigenvalue weighted by molar-refractivity contribution is 5.74. The van der Waals surface area contributed by atoms with Gasteiger partial charge in [-0.3, -0.25) is 4.79 Å². The van der Waals surface area contributed by atoms with E-state index >= 15 is 0 Å². The molecule has 2 aromatic rings. The smallest absolute Gasteiger partial charge is 0.219 e. The van der Waals surface area contributed by atoms with Gasteiger partial charge in [0.25, 0.3) is 0 Å². The van der Waals surface area contributed by atoms with E-state index in [1.807, 2.05) is 0 Å². The Morgan fingerprint density at radius 1 is 1.13 bits per heavy atom. The zero-order valence-corrected chi connectivity index (χ0v) is 12.5. The maximum atomic E-state index is 13.8. The van der Waals surface area contributed by atoms with Crippen molar-refractivity contribution >= 4 is 11.6 Å². The molecule has 0 heterocycles. The Bertz CT molecular complexity index is 662. The number of aliphatic hydroxyl groups excluding tert-OH is 1. The summed E-state index contributed by atoms with van der Waals surface area (Å²) in [5, 5.41) is 10.3. The lowest BCUT2D eigenvalue weighted by atomic mass is 10.1. The lowest BCUT2D eigenvalue weighted by Gasteiger charge is -2.27. The first-order chi connectivity index (χ1) is 11.0. The van der Waals surface area contributed by atoms with Crippen molar-refractivity contribution in [3.63, 3.8) is 0 Å². The van der Waals surface area contributed by atoms with Crippen LogP contribution in [0.15, 0.2) is 48.5 Å². The largest absolute Gasteiger partial charge is 0.386 e. The summed E-state index contributed by atoms with van der Waals surface area (Å²) in [5.74, 6) is -1.38. The fourth-order valence-electron chi connectivity index (χ4n) is 2.28. The average Bonchev–Trinajstić information content (AvgIpc) is 2.52. The molecule has 0 spiro atoms. The highest BCUT2D eigenvalue weighted by Gasteiger charge is 2.17. The number of amides is 1. The van der Waals surface area contributed by atoms with Crippen LogP contribution < -0.4 is 10.6 Å². The molecule has 1 atom stereocenters. The van der Waals surface area contributed by atoms with Crippen molar-refractivity contribution in [1.29, 1.82) is 0 Å². The van der Waals surface area contributed by atoms with Crippen molar-refractivity contribution in [3.05, 3.63) is 65.7 Å². The standard InChI is InChI=1S/C17H18F2N2O2/c18-12-5-7-13(8-6-12)21(10-9-17(20)23)11-16(22)14-3-1-2-4-15(14)19/h1-8,16,22H,9-11H2,(H2,20,23). The third-order valence-corrected chi connectivity index (χ3v) is 3.48. The number of nitrogens with two attached hydrogens (primary N) is 1. The van der Waals surface area contributed by atoms with Crippen LogP contribution in [0.2, 0.25) is 0 Å². The first kappa shape index (κ1) is 16.9. The highest BCUT2D eigenvalue weighted by atomic mass is 19.1. The van der Waals surface area contributed by atoms with Gasteiger partial charge < -0.3 is 15.7 Å². The SMILES string of the molecule is NC(=O)CCN(CC(O)c1ccccc1F)c1ccc(F)cc1. The summed E-state index contributed by atoms with van der Waals surface area (Å²) in [6.45, 7) is 0.298. The quantitative estimate of drug-likeness (QED) is 0.823. The summed E-state index contributed by atoms with van der Waals surface area (Å²) in [6.07, 6.45) is -1.02. The van der Waals surface area contributed by atoms with Gasteiger partial charge in [-0.25, -0.2) is 8.78 Å². The van der Waals surface area contributed by atoms with E-state index in [0.717, 1.165) is 0 Å². The van der Waals surface area contributed by atoms with Crippen molar-refractivity contribution in [2.45, 2.75) is 12.5 Å². The Kier molecular flexibility index (Phi) is 5.65. The second-order valence-corrected chi connectivity index (χ2v) is 5.18. The van der Waals surface area contributed by atoms with Crippen molar-refractivity contribution in [2.24, 2.45) is 5.73 Å². The average molecular weight is 320 g/mol. The normalized spacial score (nSPS) is 12.0. The number of halogens is 2. The van der Waals surface area contributed by atoms with Crippen LogP contribution in [-0.4, -0.2) is 24.1 Å². The monoisotopic (exact) mass is 320 g/mol. The van der Waals surface area contributed by atoms with Gasteiger partial charge in [-0.1, -0.05) is 18.2 Å². The van der Waals surface area contributed by atoms with Crippen LogP contribution in [0.4, 0.5) is 14.5 Å². The van der Waals surface area contributed by atoms with E-state index in [-0.39, 0.29) is 25.1 Å². The van der Waals surface area contributed by atoms with Crippen LogP contribution in [0.3, 0.4) is 0 Å². The van der Waals surface area contributed by atoms with E-state index in [1.54, 1.807) is 11.0 Å². The van der Waals surface area contributed by atoms with Crippen LogP contribution in [0.25, 0.3) is 0 Å². The van der Waals surface area contributed by atoms with Crippen LogP contribution in [0.5, 0.6) is 0 Å². The minimum Gasteiger partial charge on any atom is -0.386 e. The van der Waals surface area contributed by atoms with Gasteiger partial charge >= 0.3 is 0 Å². The molecular weight excluding hydrogens is 302 g/mol. The van der Waals surface area contributed by atoms with Gasteiger partial charge in [-0.15, -0.1) is 0 Å². The number of hydrogen-bond donors (Lipinski definition) is 2. The van der Waals surface area contributed by atoms with Crippen molar-refractivity contribution in [1.82, 2.24) is 0 Å². The molecule has 23 heavy (non-hydrogen) atoms. The topological polar surface area (TPSA) is 66.6 Å². The molecule has 0 aromatic heterocycles. The van der Waals surface area contributed by atoms with Crippen molar-refractivity contribution < 1.29 is 18.7 Å². The highest BCUT2D eigenvalue weighted by Crippen LogP contribution is 2.22. The van der Waals surface area contributed by atoms with E-state index < -0.39 is 23.6 Å². The summed E-state index contributed by atoms with van der Waals surface area (Å²) in [5.41, 5.74) is 5.94.